The largest absolute Gasteiger partial charge is 0.323 e. The molecule has 2 N–H and O–H groups in total. The van der Waals surface area contributed by atoms with Crippen molar-refractivity contribution in [2.24, 2.45) is 5.73 Å². The fraction of sp³-hybridized carbons (Fsp3) is 0.700. The maximum absolute atomic E-state index is 5.89. The smallest absolute Gasteiger partial charge is 0.0625 e. The Morgan fingerprint density at radius 1 is 1.69 bits per heavy atom. The van der Waals surface area contributed by atoms with Crippen LogP contribution in [0.3, 0.4) is 0 Å². The van der Waals surface area contributed by atoms with Gasteiger partial charge in [0.15, 0.2) is 0 Å². The van der Waals surface area contributed by atoms with Crippen LogP contribution >= 0.6 is 0 Å². The predicted molar refractivity (Wildman–Crippen MR) is 52.5 cm³/mol. The molecule has 1 heterocycles. The van der Waals surface area contributed by atoms with Crippen molar-refractivity contribution >= 4 is 0 Å². The van der Waals surface area contributed by atoms with Crippen molar-refractivity contribution in [3.05, 3.63) is 17.5 Å². The molecule has 1 aromatic heterocycles. The van der Waals surface area contributed by atoms with Gasteiger partial charge in [-0.15, -0.1) is 0 Å². The van der Waals surface area contributed by atoms with Crippen LogP contribution in [-0.2, 0) is 6.42 Å². The van der Waals surface area contributed by atoms with E-state index in [1.165, 1.54) is 24.2 Å². The molecule has 0 aliphatic heterocycles. The van der Waals surface area contributed by atoms with Crippen molar-refractivity contribution in [3.63, 3.8) is 0 Å². The Morgan fingerprint density at radius 2 is 2.38 bits per heavy atom. The molecule has 1 aromatic rings. The first-order chi connectivity index (χ1) is 6.22. The molecule has 0 amide bonds. The van der Waals surface area contributed by atoms with Gasteiger partial charge in [0, 0.05) is 6.04 Å². The highest BCUT2D eigenvalue weighted by Gasteiger charge is 2.27. The summed E-state index contributed by atoms with van der Waals surface area (Å²) in [5.41, 5.74) is 8.25. The summed E-state index contributed by atoms with van der Waals surface area (Å²) in [5.74, 6) is 0. The highest BCUT2D eigenvalue weighted by atomic mass is 15.3. The maximum Gasteiger partial charge on any atom is 0.0625 e. The highest BCUT2D eigenvalue weighted by molar-refractivity contribution is 5.15. The number of rotatable bonds is 3. The minimum absolute atomic E-state index is 0.105. The van der Waals surface area contributed by atoms with Gasteiger partial charge in [-0.2, -0.15) is 5.10 Å². The van der Waals surface area contributed by atoms with Crippen molar-refractivity contribution in [3.8, 4) is 0 Å². The second kappa shape index (κ2) is 3.14. The molecule has 1 fully saturated rings. The van der Waals surface area contributed by atoms with E-state index in [0.717, 1.165) is 6.42 Å². The van der Waals surface area contributed by atoms with E-state index < -0.39 is 0 Å². The van der Waals surface area contributed by atoms with Gasteiger partial charge >= 0.3 is 0 Å². The summed E-state index contributed by atoms with van der Waals surface area (Å²) in [6.07, 6.45) is 3.54. The van der Waals surface area contributed by atoms with Crippen LogP contribution in [0, 0.1) is 0 Å². The molecule has 0 radical (unpaired) electrons. The molecule has 0 bridgehead atoms. The molecule has 1 atom stereocenters. The Bertz CT molecular complexity index is 278. The molecule has 72 valence electrons. The van der Waals surface area contributed by atoms with E-state index in [-0.39, 0.29) is 6.04 Å². The fourth-order valence-electron chi connectivity index (χ4n) is 1.59. The van der Waals surface area contributed by atoms with Gasteiger partial charge in [0.1, 0.15) is 0 Å². The number of aryl methyl sites for hydroxylation is 1. The second-order valence-electron chi connectivity index (χ2n) is 3.88. The lowest BCUT2D eigenvalue weighted by Gasteiger charge is -2.07. The molecule has 1 aliphatic carbocycles. The molecule has 0 saturated heterocycles. The van der Waals surface area contributed by atoms with Crippen LogP contribution in [-0.4, -0.2) is 9.78 Å². The first-order valence-electron chi connectivity index (χ1n) is 5.06. The summed E-state index contributed by atoms with van der Waals surface area (Å²) in [5, 5.41) is 4.55. The molecule has 0 spiro atoms. The molecule has 2 rings (SSSR count). The van der Waals surface area contributed by atoms with Crippen LogP contribution in [0.15, 0.2) is 6.07 Å². The van der Waals surface area contributed by atoms with Crippen LogP contribution in [0.25, 0.3) is 0 Å². The second-order valence-corrected chi connectivity index (χ2v) is 3.88. The van der Waals surface area contributed by atoms with Gasteiger partial charge in [-0.25, -0.2) is 0 Å². The van der Waals surface area contributed by atoms with Gasteiger partial charge in [-0.1, -0.05) is 6.92 Å². The summed E-state index contributed by atoms with van der Waals surface area (Å²) in [6.45, 7) is 4.15. The average Bonchev–Trinajstić information content (AvgIpc) is 2.84. The molecule has 13 heavy (non-hydrogen) atoms. The van der Waals surface area contributed by atoms with Gasteiger partial charge < -0.3 is 5.73 Å². The SMILES string of the molecule is CCc1cc(C(C)N)n(C2CC2)n1. The van der Waals surface area contributed by atoms with Crippen LogP contribution < -0.4 is 5.73 Å². The first kappa shape index (κ1) is 8.75. The summed E-state index contributed by atoms with van der Waals surface area (Å²) in [6, 6.07) is 2.89. The van der Waals surface area contributed by atoms with Gasteiger partial charge in [0.2, 0.25) is 0 Å². The van der Waals surface area contributed by atoms with E-state index in [4.69, 9.17) is 5.73 Å². The Kier molecular flexibility index (Phi) is 2.12. The zero-order valence-electron chi connectivity index (χ0n) is 8.33. The minimum atomic E-state index is 0.105. The molecule has 3 nitrogen and oxygen atoms in total. The zero-order valence-corrected chi connectivity index (χ0v) is 8.33. The van der Waals surface area contributed by atoms with Crippen molar-refractivity contribution in [1.82, 2.24) is 9.78 Å². The highest BCUT2D eigenvalue weighted by Crippen LogP contribution is 2.36. The minimum Gasteiger partial charge on any atom is -0.323 e. The Labute approximate surface area is 78.9 Å². The van der Waals surface area contributed by atoms with Crippen LogP contribution in [0.1, 0.15) is 50.2 Å². The third-order valence-electron chi connectivity index (χ3n) is 2.54. The summed E-state index contributed by atoms with van der Waals surface area (Å²) < 4.78 is 2.13. The van der Waals surface area contributed by atoms with E-state index in [1.54, 1.807) is 0 Å². The summed E-state index contributed by atoms with van der Waals surface area (Å²) >= 11 is 0. The number of nitrogens with zero attached hydrogens (tertiary/aromatic N) is 2. The monoisotopic (exact) mass is 179 g/mol. The fourth-order valence-corrected chi connectivity index (χ4v) is 1.59. The standard InChI is InChI=1S/C10H17N3/c1-3-8-6-10(7(2)11)13(12-8)9-4-5-9/h6-7,9H,3-5,11H2,1-2H3. The maximum atomic E-state index is 5.89. The third kappa shape index (κ3) is 1.61. The lowest BCUT2D eigenvalue weighted by molar-refractivity contribution is 0.571. The molecular formula is C10H17N3. The molecular weight excluding hydrogens is 162 g/mol. The Morgan fingerprint density at radius 3 is 2.85 bits per heavy atom. The van der Waals surface area contributed by atoms with Crippen LogP contribution in [0.5, 0.6) is 0 Å². The first-order valence-corrected chi connectivity index (χ1v) is 5.06. The third-order valence-corrected chi connectivity index (χ3v) is 2.54. The number of nitrogens with two attached hydrogens (primary N) is 1. The molecule has 1 saturated carbocycles. The van der Waals surface area contributed by atoms with Gasteiger partial charge in [0.25, 0.3) is 0 Å². The molecule has 1 unspecified atom stereocenters. The normalized spacial score (nSPS) is 19.0. The van der Waals surface area contributed by atoms with Gasteiger partial charge in [-0.05, 0) is 32.3 Å². The van der Waals surface area contributed by atoms with E-state index >= 15 is 0 Å². The average molecular weight is 179 g/mol. The molecule has 3 heteroatoms. The number of hydrogen-bond acceptors (Lipinski definition) is 2. The predicted octanol–water partition coefficient (Wildman–Crippen LogP) is 1.80. The van der Waals surface area contributed by atoms with Crippen LogP contribution in [0.2, 0.25) is 0 Å². The Hall–Kier alpha value is -0.830. The lowest BCUT2D eigenvalue weighted by Crippen LogP contribution is -2.12. The van der Waals surface area contributed by atoms with E-state index in [0.29, 0.717) is 6.04 Å². The lowest BCUT2D eigenvalue weighted by atomic mass is 10.2. The van der Waals surface area contributed by atoms with E-state index in [9.17, 15) is 0 Å². The molecule has 0 aromatic carbocycles. The van der Waals surface area contributed by atoms with Crippen molar-refractivity contribution in [1.29, 1.82) is 0 Å². The van der Waals surface area contributed by atoms with Crippen molar-refractivity contribution in [2.45, 2.75) is 45.2 Å². The summed E-state index contributed by atoms with van der Waals surface area (Å²) in [7, 11) is 0. The number of aromatic nitrogens is 2. The van der Waals surface area contributed by atoms with Crippen LogP contribution in [0.4, 0.5) is 0 Å². The zero-order chi connectivity index (χ0) is 9.42. The number of hydrogen-bond donors (Lipinski definition) is 1. The summed E-state index contributed by atoms with van der Waals surface area (Å²) in [4.78, 5) is 0. The van der Waals surface area contributed by atoms with E-state index in [2.05, 4.69) is 22.8 Å². The topological polar surface area (TPSA) is 43.8 Å². The van der Waals surface area contributed by atoms with Crippen molar-refractivity contribution < 1.29 is 0 Å². The van der Waals surface area contributed by atoms with E-state index in [1.807, 2.05) is 6.92 Å². The Balaban J connectivity index is 2.33. The molecule has 1 aliphatic rings. The van der Waals surface area contributed by atoms with Crippen molar-refractivity contribution in [2.75, 3.05) is 0 Å². The quantitative estimate of drug-likeness (QED) is 0.769. The van der Waals surface area contributed by atoms with Gasteiger partial charge in [0.05, 0.1) is 17.4 Å². The van der Waals surface area contributed by atoms with Gasteiger partial charge in [-0.3, -0.25) is 4.68 Å².